The van der Waals surface area contributed by atoms with Gasteiger partial charge in [-0.1, -0.05) is 11.8 Å². The van der Waals surface area contributed by atoms with Crippen LogP contribution in [0, 0.1) is 0 Å². The third-order valence-electron chi connectivity index (χ3n) is 3.43. The summed E-state index contributed by atoms with van der Waals surface area (Å²) in [5, 5.41) is 27.5. The number of phenolic OH excluding ortho intramolecular Hbond substituents is 2. The molecule has 1 saturated heterocycles. The van der Waals surface area contributed by atoms with Crippen LogP contribution in [-0.4, -0.2) is 40.4 Å². The molecule has 0 radical (unpaired) electrons. The fourth-order valence-electron chi connectivity index (χ4n) is 2.21. The van der Waals surface area contributed by atoms with Crippen LogP contribution in [0.25, 0.3) is 0 Å². The van der Waals surface area contributed by atoms with Gasteiger partial charge in [-0.2, -0.15) is 5.10 Å². The molecule has 0 spiro atoms. The number of phenols is 2. The number of carbonyl (C=O) groups excluding carboxylic acids is 1. The number of amidine groups is 1. The molecule has 1 aliphatic heterocycles. The Morgan fingerprint density at radius 2 is 1.96 bits per heavy atom. The number of aromatic hydroxyl groups is 2. The Kier molecular flexibility index (Phi) is 4.90. The molecule has 3 rings (SSSR count). The second-order valence-corrected chi connectivity index (χ2v) is 6.04. The van der Waals surface area contributed by atoms with Crippen LogP contribution in [0.5, 0.6) is 17.2 Å². The molecule has 0 aromatic heterocycles. The Balaban J connectivity index is 1.82. The quantitative estimate of drug-likeness (QED) is 0.648. The van der Waals surface area contributed by atoms with E-state index in [1.165, 1.54) is 48.2 Å². The van der Waals surface area contributed by atoms with Crippen molar-refractivity contribution < 1.29 is 19.7 Å². The zero-order chi connectivity index (χ0) is 17.8. The van der Waals surface area contributed by atoms with Crippen LogP contribution >= 0.6 is 11.8 Å². The van der Waals surface area contributed by atoms with Crippen LogP contribution in [-0.2, 0) is 4.79 Å². The molecule has 0 atom stereocenters. The average molecular weight is 357 g/mol. The summed E-state index contributed by atoms with van der Waals surface area (Å²) in [6.45, 7) is 0. The van der Waals surface area contributed by atoms with Crippen molar-refractivity contribution in [1.82, 2.24) is 0 Å². The monoisotopic (exact) mass is 357 g/mol. The fraction of sp³-hybridized carbons (Fsp3) is 0.118. The van der Waals surface area contributed by atoms with E-state index in [4.69, 9.17) is 4.74 Å². The normalized spacial score (nSPS) is 16.1. The molecule has 1 heterocycles. The van der Waals surface area contributed by atoms with Crippen LogP contribution in [0.4, 0.5) is 5.69 Å². The minimum Gasteiger partial charge on any atom is -0.508 e. The number of carbonyl (C=O) groups is 1. The van der Waals surface area contributed by atoms with E-state index < -0.39 is 0 Å². The highest BCUT2D eigenvalue weighted by Crippen LogP contribution is 2.28. The highest BCUT2D eigenvalue weighted by molar-refractivity contribution is 8.15. The lowest BCUT2D eigenvalue weighted by Gasteiger charge is -2.14. The summed E-state index contributed by atoms with van der Waals surface area (Å²) in [4.78, 5) is 13.5. The summed E-state index contributed by atoms with van der Waals surface area (Å²) < 4.78 is 5.04. The van der Waals surface area contributed by atoms with Gasteiger partial charge in [0.2, 0.25) is 5.91 Å². The average Bonchev–Trinajstić information content (AvgIpc) is 2.98. The van der Waals surface area contributed by atoms with E-state index in [-0.39, 0.29) is 23.2 Å². The van der Waals surface area contributed by atoms with Crippen molar-refractivity contribution in [3.63, 3.8) is 0 Å². The van der Waals surface area contributed by atoms with Crippen LogP contribution in [0.3, 0.4) is 0 Å². The molecule has 1 fully saturated rings. The second-order valence-electron chi connectivity index (χ2n) is 5.09. The van der Waals surface area contributed by atoms with Crippen LogP contribution in [0.15, 0.2) is 52.7 Å². The molecule has 2 N–H and O–H groups in total. The summed E-state index contributed by atoms with van der Waals surface area (Å²) in [6, 6.07) is 11.1. The third kappa shape index (κ3) is 3.74. The summed E-state index contributed by atoms with van der Waals surface area (Å²) in [5.41, 5.74) is 1.32. The van der Waals surface area contributed by atoms with Gasteiger partial charge in [-0.15, -0.1) is 5.10 Å². The van der Waals surface area contributed by atoms with E-state index in [1.54, 1.807) is 24.3 Å². The van der Waals surface area contributed by atoms with Gasteiger partial charge in [-0.25, -0.2) is 0 Å². The molecule has 0 unspecified atom stereocenters. The van der Waals surface area contributed by atoms with Gasteiger partial charge in [0.25, 0.3) is 0 Å². The molecule has 2 aromatic rings. The predicted molar refractivity (Wildman–Crippen MR) is 97.7 cm³/mol. The minimum atomic E-state index is -0.101. The first-order chi connectivity index (χ1) is 12.1. The number of benzene rings is 2. The van der Waals surface area contributed by atoms with Gasteiger partial charge >= 0.3 is 0 Å². The van der Waals surface area contributed by atoms with Crippen molar-refractivity contribution in [3.05, 3.63) is 48.0 Å². The molecule has 0 aliphatic carbocycles. The third-order valence-corrected chi connectivity index (χ3v) is 4.34. The van der Waals surface area contributed by atoms with E-state index in [9.17, 15) is 15.0 Å². The van der Waals surface area contributed by atoms with E-state index >= 15 is 0 Å². The molecule has 1 amide bonds. The molecular formula is C17H15N3O4S. The zero-order valence-electron chi connectivity index (χ0n) is 13.3. The van der Waals surface area contributed by atoms with Gasteiger partial charge in [0, 0.05) is 0 Å². The molecule has 7 nitrogen and oxygen atoms in total. The van der Waals surface area contributed by atoms with Crippen LogP contribution in [0.1, 0.15) is 5.56 Å². The Labute approximate surface area is 148 Å². The van der Waals surface area contributed by atoms with E-state index in [0.717, 1.165) is 0 Å². The van der Waals surface area contributed by atoms with E-state index in [0.29, 0.717) is 22.2 Å². The number of rotatable bonds is 4. The fourth-order valence-corrected chi connectivity index (χ4v) is 3.03. The smallest absolute Gasteiger partial charge is 0.243 e. The number of amides is 1. The van der Waals surface area contributed by atoms with Gasteiger partial charge in [0.05, 0.1) is 24.8 Å². The van der Waals surface area contributed by atoms with Gasteiger partial charge in [0.15, 0.2) is 16.7 Å². The number of thioether (sulfide) groups is 1. The molecule has 2 aromatic carbocycles. The number of hydrogen-bond acceptors (Lipinski definition) is 7. The largest absolute Gasteiger partial charge is 0.508 e. The Hall–Kier alpha value is -3.00. The van der Waals surface area contributed by atoms with Gasteiger partial charge in [-0.3, -0.25) is 9.69 Å². The zero-order valence-corrected chi connectivity index (χ0v) is 14.1. The Morgan fingerprint density at radius 1 is 1.20 bits per heavy atom. The number of methoxy groups -OCH3 is 1. The maximum absolute atomic E-state index is 12.1. The van der Waals surface area contributed by atoms with Crippen molar-refractivity contribution in [3.8, 4) is 17.2 Å². The van der Waals surface area contributed by atoms with Crippen molar-refractivity contribution in [2.45, 2.75) is 0 Å². The first kappa shape index (κ1) is 16.8. The van der Waals surface area contributed by atoms with Crippen LogP contribution < -0.4 is 9.64 Å². The maximum Gasteiger partial charge on any atom is 0.243 e. The highest BCUT2D eigenvalue weighted by atomic mass is 32.2. The summed E-state index contributed by atoms with van der Waals surface area (Å²) in [6.07, 6.45) is 1.51. The molecule has 128 valence electrons. The predicted octanol–water partition coefficient (Wildman–Crippen LogP) is 2.58. The van der Waals surface area contributed by atoms with Gasteiger partial charge in [0.1, 0.15) is 5.75 Å². The van der Waals surface area contributed by atoms with Crippen molar-refractivity contribution in [2.24, 2.45) is 10.2 Å². The van der Waals surface area contributed by atoms with Crippen molar-refractivity contribution in [1.29, 1.82) is 0 Å². The molecule has 25 heavy (non-hydrogen) atoms. The molecular weight excluding hydrogens is 342 g/mol. The topological polar surface area (TPSA) is 94.7 Å². The first-order valence-electron chi connectivity index (χ1n) is 7.31. The van der Waals surface area contributed by atoms with Crippen LogP contribution in [0.2, 0.25) is 0 Å². The number of anilines is 1. The molecule has 8 heteroatoms. The number of hydrogen-bond donors (Lipinski definition) is 2. The maximum atomic E-state index is 12.1. The summed E-state index contributed by atoms with van der Waals surface area (Å²) in [5.74, 6) is 0.688. The second kappa shape index (κ2) is 7.27. The van der Waals surface area contributed by atoms with Crippen molar-refractivity contribution >= 4 is 34.7 Å². The lowest BCUT2D eigenvalue weighted by molar-refractivity contribution is -0.115. The Bertz CT molecular complexity index is 849. The van der Waals surface area contributed by atoms with Gasteiger partial charge < -0.3 is 14.9 Å². The van der Waals surface area contributed by atoms with Gasteiger partial charge in [-0.05, 0) is 48.0 Å². The standard InChI is InChI=1S/C17H15N3O4S/c1-24-15-8-11(2-7-14(15)22)9-18-19-17-20(16(23)10-25-17)12-3-5-13(21)6-4-12/h2-9,21-22H,10H2,1H3/b18-9+,19-17?. The van der Waals surface area contributed by atoms with Crippen molar-refractivity contribution in [2.75, 3.05) is 17.8 Å². The summed E-state index contributed by atoms with van der Waals surface area (Å²) in [7, 11) is 1.46. The van der Waals surface area contributed by atoms with E-state index in [1.807, 2.05) is 0 Å². The summed E-state index contributed by atoms with van der Waals surface area (Å²) >= 11 is 1.29. The number of ether oxygens (including phenoxy) is 1. The molecule has 0 bridgehead atoms. The lowest BCUT2D eigenvalue weighted by atomic mass is 10.2. The highest BCUT2D eigenvalue weighted by Gasteiger charge is 2.29. The SMILES string of the molecule is COc1cc(/C=N/N=C2SCC(=O)N2c2ccc(O)cc2)ccc1O. The minimum absolute atomic E-state index is 0.0430. The molecule has 1 aliphatic rings. The first-order valence-corrected chi connectivity index (χ1v) is 8.30. The molecule has 0 saturated carbocycles. The lowest BCUT2D eigenvalue weighted by Crippen LogP contribution is -2.28. The number of nitrogens with zero attached hydrogens (tertiary/aromatic N) is 3. The van der Waals surface area contributed by atoms with E-state index in [2.05, 4.69) is 10.2 Å². The Morgan fingerprint density at radius 3 is 2.68 bits per heavy atom.